The van der Waals surface area contributed by atoms with E-state index in [1.54, 1.807) is 0 Å². The summed E-state index contributed by atoms with van der Waals surface area (Å²) in [5.74, 6) is -0.857. The molecule has 0 radical (unpaired) electrons. The number of rotatable bonds is 6. The number of piperidine rings is 1. The lowest BCUT2D eigenvalue weighted by Gasteiger charge is -2.23. The molecule has 0 aliphatic carbocycles. The van der Waals surface area contributed by atoms with Crippen molar-refractivity contribution in [3.8, 4) is 5.75 Å². The van der Waals surface area contributed by atoms with Crippen molar-refractivity contribution in [1.82, 2.24) is 10.6 Å². The van der Waals surface area contributed by atoms with Gasteiger partial charge in [0.05, 0.1) is 7.11 Å². The predicted molar refractivity (Wildman–Crippen MR) is 87.8 cm³/mol. The van der Waals surface area contributed by atoms with E-state index >= 15 is 0 Å². The van der Waals surface area contributed by atoms with Crippen LogP contribution in [0.15, 0.2) is 18.2 Å². The number of carbonyl (C=O) groups is 2. The van der Waals surface area contributed by atoms with E-state index in [2.05, 4.69) is 10.6 Å². The number of hydrogen-bond acceptors (Lipinski definition) is 4. The zero-order valence-electron chi connectivity index (χ0n) is 13.1. The van der Waals surface area contributed by atoms with E-state index in [0.717, 1.165) is 32.0 Å². The van der Waals surface area contributed by atoms with E-state index in [0.29, 0.717) is 0 Å². The Balaban J connectivity index is 0.00000264. The Morgan fingerprint density at radius 3 is 2.61 bits per heavy atom. The number of benzene rings is 1. The molecule has 0 atom stereocenters. The van der Waals surface area contributed by atoms with Crippen LogP contribution >= 0.6 is 12.4 Å². The van der Waals surface area contributed by atoms with E-state index in [1.165, 1.54) is 19.2 Å². The van der Waals surface area contributed by atoms with Crippen molar-refractivity contribution < 1.29 is 18.7 Å². The molecule has 1 amide bonds. The van der Waals surface area contributed by atoms with Crippen LogP contribution in [0.4, 0.5) is 4.39 Å². The summed E-state index contributed by atoms with van der Waals surface area (Å²) in [6, 6.07) is 4.25. The Hall–Kier alpha value is -1.66. The van der Waals surface area contributed by atoms with Crippen molar-refractivity contribution in [1.29, 1.82) is 0 Å². The van der Waals surface area contributed by atoms with Gasteiger partial charge >= 0.3 is 0 Å². The third-order valence-corrected chi connectivity index (χ3v) is 3.76. The average Bonchev–Trinajstić information content (AvgIpc) is 2.53. The largest absolute Gasteiger partial charge is 0.494 e. The Morgan fingerprint density at radius 2 is 2.00 bits per heavy atom. The minimum atomic E-state index is -0.576. The van der Waals surface area contributed by atoms with Crippen molar-refractivity contribution in [2.45, 2.75) is 31.7 Å². The first-order valence-electron chi connectivity index (χ1n) is 7.47. The van der Waals surface area contributed by atoms with Crippen LogP contribution in [0, 0.1) is 5.82 Å². The van der Waals surface area contributed by atoms with Gasteiger partial charge in [-0.25, -0.2) is 4.39 Å². The van der Waals surface area contributed by atoms with E-state index in [4.69, 9.17) is 4.74 Å². The van der Waals surface area contributed by atoms with Gasteiger partial charge in [-0.1, -0.05) is 0 Å². The first kappa shape index (κ1) is 19.4. The minimum absolute atomic E-state index is 0. The molecule has 0 bridgehead atoms. The van der Waals surface area contributed by atoms with E-state index in [-0.39, 0.29) is 54.3 Å². The monoisotopic (exact) mass is 344 g/mol. The number of ketones is 1. The SMILES string of the molecule is COc1ccc(C(=O)CCC(=O)NC2CCNCC2)cc1F.Cl. The first-order valence-corrected chi connectivity index (χ1v) is 7.47. The topological polar surface area (TPSA) is 67.4 Å². The van der Waals surface area contributed by atoms with Crippen molar-refractivity contribution in [3.63, 3.8) is 0 Å². The standard InChI is InChI=1S/C16H21FN2O3.ClH/c1-22-15-4-2-11(10-13(15)17)14(20)3-5-16(21)19-12-6-8-18-9-7-12;/h2,4,10,12,18H,3,5-9H2,1H3,(H,19,21);1H. The number of amides is 1. The molecule has 1 aliphatic rings. The summed E-state index contributed by atoms with van der Waals surface area (Å²) in [4.78, 5) is 23.8. The molecule has 1 heterocycles. The number of Topliss-reactive ketones (excluding diaryl/α,β-unsaturated/α-hetero) is 1. The fraction of sp³-hybridized carbons (Fsp3) is 0.500. The molecule has 2 rings (SSSR count). The number of halogens is 2. The van der Waals surface area contributed by atoms with Gasteiger partial charge in [-0.3, -0.25) is 9.59 Å². The molecular formula is C16H22ClFN2O3. The van der Waals surface area contributed by atoms with E-state index < -0.39 is 5.82 Å². The van der Waals surface area contributed by atoms with Gasteiger partial charge in [-0.05, 0) is 44.1 Å². The smallest absolute Gasteiger partial charge is 0.220 e. The highest BCUT2D eigenvalue weighted by molar-refractivity contribution is 5.98. The summed E-state index contributed by atoms with van der Waals surface area (Å²) in [6.07, 6.45) is 2.01. The zero-order valence-corrected chi connectivity index (χ0v) is 13.9. The first-order chi connectivity index (χ1) is 10.6. The summed E-state index contributed by atoms with van der Waals surface area (Å²) < 4.78 is 18.4. The molecule has 1 saturated heterocycles. The van der Waals surface area contributed by atoms with Crippen molar-refractivity contribution >= 4 is 24.1 Å². The van der Waals surface area contributed by atoms with Gasteiger partial charge in [0.2, 0.25) is 5.91 Å². The molecule has 1 aliphatic heterocycles. The summed E-state index contributed by atoms with van der Waals surface area (Å²) in [6.45, 7) is 1.80. The highest BCUT2D eigenvalue weighted by atomic mass is 35.5. The molecule has 128 valence electrons. The lowest BCUT2D eigenvalue weighted by molar-refractivity contribution is -0.121. The molecule has 1 aromatic carbocycles. The van der Waals surface area contributed by atoms with Crippen LogP contribution in [0.25, 0.3) is 0 Å². The van der Waals surface area contributed by atoms with Gasteiger partial charge in [0.15, 0.2) is 17.3 Å². The fourth-order valence-electron chi connectivity index (χ4n) is 2.48. The van der Waals surface area contributed by atoms with Crippen LogP contribution in [0.3, 0.4) is 0 Å². The van der Waals surface area contributed by atoms with Gasteiger partial charge < -0.3 is 15.4 Å². The van der Waals surface area contributed by atoms with Crippen LogP contribution < -0.4 is 15.4 Å². The minimum Gasteiger partial charge on any atom is -0.494 e. The van der Waals surface area contributed by atoms with Crippen molar-refractivity contribution in [2.75, 3.05) is 20.2 Å². The molecule has 2 N–H and O–H groups in total. The number of ether oxygens (including phenoxy) is 1. The molecule has 0 aromatic heterocycles. The summed E-state index contributed by atoms with van der Waals surface area (Å²) in [5.41, 5.74) is 0.257. The molecule has 23 heavy (non-hydrogen) atoms. The molecule has 1 fully saturated rings. The normalized spacial score (nSPS) is 14.7. The second-order valence-corrected chi connectivity index (χ2v) is 5.36. The summed E-state index contributed by atoms with van der Waals surface area (Å²) in [7, 11) is 1.37. The van der Waals surface area contributed by atoms with Gasteiger partial charge in [-0.2, -0.15) is 0 Å². The highest BCUT2D eigenvalue weighted by Gasteiger charge is 2.17. The maximum Gasteiger partial charge on any atom is 0.220 e. The quantitative estimate of drug-likeness (QED) is 0.775. The fourth-order valence-corrected chi connectivity index (χ4v) is 2.48. The average molecular weight is 345 g/mol. The van der Waals surface area contributed by atoms with Gasteiger partial charge in [0, 0.05) is 24.4 Å². The number of carbonyl (C=O) groups excluding carboxylic acids is 2. The van der Waals surface area contributed by atoms with Crippen LogP contribution in [0.1, 0.15) is 36.0 Å². The van der Waals surface area contributed by atoms with E-state index in [1.807, 2.05) is 0 Å². The maximum atomic E-state index is 13.6. The molecule has 0 saturated carbocycles. The molecule has 7 heteroatoms. The second kappa shape index (κ2) is 9.47. The number of hydrogen-bond donors (Lipinski definition) is 2. The van der Waals surface area contributed by atoms with Gasteiger partial charge in [0.25, 0.3) is 0 Å². The zero-order chi connectivity index (χ0) is 15.9. The van der Waals surface area contributed by atoms with Crippen LogP contribution in [0.5, 0.6) is 5.75 Å². The van der Waals surface area contributed by atoms with Crippen molar-refractivity contribution in [2.24, 2.45) is 0 Å². The third-order valence-electron chi connectivity index (χ3n) is 3.76. The predicted octanol–water partition coefficient (Wildman–Crippen LogP) is 2.09. The molecule has 0 spiro atoms. The van der Waals surface area contributed by atoms with Crippen LogP contribution in [-0.2, 0) is 4.79 Å². The Morgan fingerprint density at radius 1 is 1.30 bits per heavy atom. The third kappa shape index (κ3) is 5.80. The highest BCUT2D eigenvalue weighted by Crippen LogP contribution is 2.18. The van der Waals surface area contributed by atoms with Crippen LogP contribution in [0.2, 0.25) is 0 Å². The number of nitrogens with one attached hydrogen (secondary N) is 2. The Bertz CT molecular complexity index is 548. The molecular weight excluding hydrogens is 323 g/mol. The molecule has 0 unspecified atom stereocenters. The van der Waals surface area contributed by atoms with Crippen LogP contribution in [-0.4, -0.2) is 37.9 Å². The van der Waals surface area contributed by atoms with Crippen molar-refractivity contribution in [3.05, 3.63) is 29.6 Å². The van der Waals surface area contributed by atoms with E-state index in [9.17, 15) is 14.0 Å². The number of methoxy groups -OCH3 is 1. The van der Waals surface area contributed by atoms with Gasteiger partial charge in [-0.15, -0.1) is 12.4 Å². The Kier molecular flexibility index (Phi) is 7.98. The Labute approximate surface area is 141 Å². The maximum absolute atomic E-state index is 13.6. The molecule has 5 nitrogen and oxygen atoms in total. The lowest BCUT2D eigenvalue weighted by Crippen LogP contribution is -2.42. The van der Waals surface area contributed by atoms with Gasteiger partial charge in [0.1, 0.15) is 0 Å². The molecule has 1 aromatic rings. The second-order valence-electron chi connectivity index (χ2n) is 5.36. The summed E-state index contributed by atoms with van der Waals surface area (Å²) in [5, 5.41) is 6.15. The summed E-state index contributed by atoms with van der Waals surface area (Å²) >= 11 is 0. The lowest BCUT2D eigenvalue weighted by atomic mass is 10.0.